The first-order valence-electron chi connectivity index (χ1n) is 8.32. The molecular formula is C11HF26IN2O2S. The molecule has 43 heavy (non-hydrogen) atoms. The Balaban J connectivity index is 0. The number of hydrogen-bond donors (Lipinski definition) is 1. The van der Waals surface area contributed by atoms with E-state index in [0.29, 0.717) is 0 Å². The predicted octanol–water partition coefficient (Wildman–Crippen LogP) is 4.17. The first kappa shape index (κ1) is 43.9. The number of nitrogens with zero attached hydrogens (tertiary/aromatic N) is 1. The molecule has 0 rings (SSSR count). The van der Waals surface area contributed by atoms with Gasteiger partial charge < -0.3 is 24.0 Å². The van der Waals surface area contributed by atoms with Crippen LogP contribution < -0.4 is 28.7 Å². The summed E-state index contributed by atoms with van der Waals surface area (Å²) in [6.07, 6.45) is -8.18. The zero-order valence-electron chi connectivity index (χ0n) is 17.9. The Morgan fingerprint density at radius 1 is 0.419 bits per heavy atom. The second-order valence-electron chi connectivity index (χ2n) is 7.20. The second kappa shape index (κ2) is 10.7. The number of rotatable bonds is 12. The highest BCUT2D eigenvalue weighted by Gasteiger charge is 2.97. The van der Waals surface area contributed by atoms with Gasteiger partial charge in [0, 0.05) is 0 Å². The molecule has 0 aromatic rings. The second-order valence-corrected chi connectivity index (χ2v) is 8.93. The summed E-state index contributed by atoms with van der Waals surface area (Å²) in [6.45, 7) is 0. The molecule has 0 atom stereocenters. The largest absolute Gasteiger partial charge is 1.00 e. The van der Waals surface area contributed by atoms with Crippen LogP contribution in [-0.2, 0) is 10.0 Å². The lowest BCUT2D eigenvalue weighted by Gasteiger charge is -2.42. The number of halogens is 27. The lowest BCUT2D eigenvalue weighted by molar-refractivity contribution is -1.32. The van der Waals surface area contributed by atoms with Crippen molar-refractivity contribution in [3.05, 3.63) is 0 Å². The third kappa shape index (κ3) is 5.69. The first-order chi connectivity index (χ1) is 17.5. The molecule has 262 valence electrons. The van der Waals surface area contributed by atoms with Crippen molar-refractivity contribution < 1.29 is 152 Å². The van der Waals surface area contributed by atoms with Gasteiger partial charge in [-0.3, -0.25) is 0 Å². The maximum Gasteiger partial charge on any atom is 0.577 e. The molecule has 0 spiro atoms. The molecule has 32 heteroatoms. The smallest absolute Gasteiger partial charge is 0.577 e. The van der Waals surface area contributed by atoms with Crippen molar-refractivity contribution in [2.24, 2.45) is 0 Å². The van der Waals surface area contributed by atoms with Gasteiger partial charge in [0.15, 0.2) is 0 Å². The van der Waals surface area contributed by atoms with Crippen molar-refractivity contribution in [1.29, 1.82) is 0 Å². The van der Waals surface area contributed by atoms with Crippen LogP contribution in [0.4, 0.5) is 114 Å². The minimum Gasteiger partial charge on any atom is -1.00 e. The van der Waals surface area contributed by atoms with Crippen LogP contribution in [0.1, 0.15) is 0 Å². The lowest BCUT2D eigenvalue weighted by Crippen LogP contribution is -3.00. The fourth-order valence-corrected chi connectivity index (χ4v) is 3.02. The Kier molecular flexibility index (Phi) is 10.9. The molecule has 0 aromatic heterocycles. The molecule has 0 aliphatic carbocycles. The van der Waals surface area contributed by atoms with Gasteiger partial charge in [0.2, 0.25) is 0 Å². The van der Waals surface area contributed by atoms with E-state index in [-0.39, 0.29) is 24.0 Å². The van der Waals surface area contributed by atoms with Gasteiger partial charge in [0.05, 0.1) is 13.4 Å². The standard InChI is InChI=1S/C11HF26N2O2S.HI/c12-1(13,3(16,17)5(20,21)8(26,27)28)2(14,15)4(18,19)6(22,23)11(33,34)42(40,41)38-9(29,30)7(24,25)10(31,32)39(35,36)37;/h38H;1H/q+1;/p-1. The Hall–Kier alpha value is -1.22. The van der Waals surface area contributed by atoms with Crippen LogP contribution in [0, 0.1) is 0 Å². The van der Waals surface area contributed by atoms with E-state index in [1.165, 1.54) is 0 Å². The highest BCUT2D eigenvalue weighted by atomic mass is 127. The maximum absolute atomic E-state index is 13.6. The summed E-state index contributed by atoms with van der Waals surface area (Å²) in [7, 11) is -9.38. The van der Waals surface area contributed by atoms with E-state index in [4.69, 9.17) is 0 Å². The molecule has 1 N–H and O–H groups in total. The van der Waals surface area contributed by atoms with Gasteiger partial charge in [0.25, 0.3) is 10.0 Å². The summed E-state index contributed by atoms with van der Waals surface area (Å²) >= 11 is 0. The van der Waals surface area contributed by atoms with Gasteiger partial charge >= 0.3 is 70.1 Å². The third-order valence-corrected chi connectivity index (χ3v) is 5.84. The third-order valence-electron chi connectivity index (χ3n) is 4.38. The summed E-state index contributed by atoms with van der Waals surface area (Å²) in [5.74, 6) is -63.9. The summed E-state index contributed by atoms with van der Waals surface area (Å²) in [4.78, 5) is 0. The SMILES string of the molecule is O=S(=O)(NC(F)(F)C(F)(F)C(F)(F)[N+](F)(F)F)C(F)(F)C(F)(F)C(F)(F)C(F)(F)C(F)(F)C(F)(F)C(F)(F)C(F)(F)F.[I-]. The van der Waals surface area contributed by atoms with Crippen LogP contribution >= 0.6 is 0 Å². The van der Waals surface area contributed by atoms with Crippen molar-refractivity contribution in [3.63, 3.8) is 0 Å². The molecule has 0 aliphatic heterocycles. The first-order valence-corrected chi connectivity index (χ1v) is 9.80. The van der Waals surface area contributed by atoms with Gasteiger partial charge in [-0.25, -0.2) is 8.42 Å². The fourth-order valence-electron chi connectivity index (χ4n) is 1.96. The molecule has 0 unspecified atom stereocenters. The quantitative estimate of drug-likeness (QED) is 0.139. The minimum atomic E-state index is -9.49. The molecule has 0 fully saturated rings. The molecule has 0 saturated heterocycles. The number of quaternary nitrogens is 1. The van der Waals surface area contributed by atoms with Gasteiger partial charge in [-0.05, 0) is 0 Å². The Bertz CT molecular complexity index is 1120. The molecule has 0 amide bonds. The summed E-state index contributed by atoms with van der Waals surface area (Å²) in [5.41, 5.74) is 0. The van der Waals surface area contributed by atoms with Crippen LogP contribution in [0.2, 0.25) is 0 Å². The van der Waals surface area contributed by atoms with E-state index in [9.17, 15) is 123 Å². The lowest BCUT2D eigenvalue weighted by atomic mass is 9.91. The number of nitrogens with one attached hydrogen (secondary N) is 1. The van der Waals surface area contributed by atoms with Gasteiger partial charge in [-0.1, -0.05) is 0 Å². The van der Waals surface area contributed by atoms with Crippen molar-refractivity contribution in [2.45, 2.75) is 65.0 Å². The Morgan fingerprint density at radius 3 is 0.930 bits per heavy atom. The zero-order valence-corrected chi connectivity index (χ0v) is 20.9. The average molecular weight is 846 g/mol. The average Bonchev–Trinajstić information content (AvgIpc) is 2.69. The Morgan fingerprint density at radius 2 is 0.674 bits per heavy atom. The predicted molar refractivity (Wildman–Crippen MR) is 71.2 cm³/mol. The van der Waals surface area contributed by atoms with E-state index < -0.39 is 84.9 Å². The van der Waals surface area contributed by atoms with Crippen molar-refractivity contribution in [3.8, 4) is 0 Å². The molecule has 0 saturated carbocycles. The molecule has 0 radical (unpaired) electrons. The van der Waals surface area contributed by atoms with E-state index in [1.807, 2.05) is 0 Å². The van der Waals surface area contributed by atoms with Gasteiger partial charge in [-0.15, -0.1) is 13.5 Å². The fraction of sp³-hybridized carbons (Fsp3) is 1.00. The normalized spacial score (nSPS) is 16.7. The van der Waals surface area contributed by atoms with E-state index in [1.54, 1.807) is 0 Å². The van der Waals surface area contributed by atoms with Crippen molar-refractivity contribution >= 4 is 10.0 Å². The topological polar surface area (TPSA) is 46.2 Å². The van der Waals surface area contributed by atoms with Crippen LogP contribution in [0.25, 0.3) is 0 Å². The van der Waals surface area contributed by atoms with Crippen LogP contribution in [0.5, 0.6) is 0 Å². The molecule has 0 aliphatic rings. The Labute approximate surface area is 232 Å². The highest BCUT2D eigenvalue weighted by Crippen LogP contribution is 2.64. The molecule has 4 nitrogen and oxygen atoms in total. The van der Waals surface area contributed by atoms with Crippen molar-refractivity contribution in [1.82, 2.24) is 4.72 Å². The number of sulfonamides is 1. The number of hydrogen-bond acceptors (Lipinski definition) is 2. The van der Waals surface area contributed by atoms with E-state index in [0.717, 1.165) is 0 Å². The molecule has 0 bridgehead atoms. The minimum absolute atomic E-state index is 0. The molecule has 0 aromatic carbocycles. The molecule has 0 heterocycles. The van der Waals surface area contributed by atoms with Gasteiger partial charge in [0.1, 0.15) is 0 Å². The van der Waals surface area contributed by atoms with Crippen molar-refractivity contribution in [2.75, 3.05) is 0 Å². The maximum atomic E-state index is 13.6. The zero-order chi connectivity index (χ0) is 35.2. The van der Waals surface area contributed by atoms with E-state index in [2.05, 4.69) is 0 Å². The van der Waals surface area contributed by atoms with Gasteiger partial charge in [-0.2, -0.15) is 92.2 Å². The van der Waals surface area contributed by atoms with Crippen LogP contribution in [-0.4, -0.2) is 78.5 Å². The summed E-state index contributed by atoms with van der Waals surface area (Å²) in [6, 6.07) is -16.6. The number of alkyl halides is 23. The summed E-state index contributed by atoms with van der Waals surface area (Å²) < 4.78 is 355. The molecular weight excluding hydrogens is 845 g/mol. The highest BCUT2D eigenvalue weighted by molar-refractivity contribution is 7.90. The van der Waals surface area contributed by atoms with Crippen LogP contribution in [0.3, 0.4) is 0 Å². The summed E-state index contributed by atoms with van der Waals surface area (Å²) in [5, 5.41) is -16.2. The monoisotopic (exact) mass is 846 g/mol. The van der Waals surface area contributed by atoms with Crippen LogP contribution in [0.15, 0.2) is 0 Å². The van der Waals surface area contributed by atoms with E-state index >= 15 is 0 Å².